The van der Waals surface area contributed by atoms with Crippen LogP contribution in [-0.2, 0) is 16.0 Å². The van der Waals surface area contributed by atoms with Gasteiger partial charge < -0.3 is 15.0 Å². The highest BCUT2D eigenvalue weighted by molar-refractivity contribution is 6.31. The second kappa shape index (κ2) is 7.00. The van der Waals surface area contributed by atoms with Crippen molar-refractivity contribution in [3.05, 3.63) is 58.6 Å². The Bertz CT molecular complexity index is 862. The van der Waals surface area contributed by atoms with Gasteiger partial charge in [0.05, 0.1) is 16.9 Å². The smallest absolute Gasteiger partial charge is 0.339 e. The Morgan fingerprint density at radius 2 is 1.92 bits per heavy atom. The van der Waals surface area contributed by atoms with Gasteiger partial charge in [-0.25, -0.2) is 4.79 Å². The zero-order valence-electron chi connectivity index (χ0n) is 14.2. The monoisotopic (exact) mass is 370 g/mol. The van der Waals surface area contributed by atoms with Crippen LogP contribution in [0.1, 0.15) is 28.8 Å². The minimum absolute atomic E-state index is 0.337. The van der Waals surface area contributed by atoms with Crippen LogP contribution >= 0.6 is 11.6 Å². The first kappa shape index (κ1) is 16.9. The third-order valence-corrected chi connectivity index (χ3v) is 5.08. The fraction of sp³-hybridized carbons (Fsp3) is 0.300. The third kappa shape index (κ3) is 3.27. The highest BCUT2D eigenvalue weighted by atomic mass is 35.5. The second-order valence-electron chi connectivity index (χ2n) is 6.60. The van der Waals surface area contributed by atoms with E-state index >= 15 is 0 Å². The third-order valence-electron chi connectivity index (χ3n) is 4.85. The molecule has 1 N–H and O–H groups in total. The number of anilines is 2. The highest BCUT2D eigenvalue weighted by Crippen LogP contribution is 2.32. The lowest BCUT2D eigenvalue weighted by Crippen LogP contribution is -2.38. The summed E-state index contributed by atoms with van der Waals surface area (Å²) in [6.07, 6.45) is 1.79. The first-order valence-electron chi connectivity index (χ1n) is 8.76. The summed E-state index contributed by atoms with van der Waals surface area (Å²) in [5.74, 6) is -0.798. The molecule has 1 fully saturated rings. The Hall–Kier alpha value is -2.53. The summed E-state index contributed by atoms with van der Waals surface area (Å²) in [5, 5.41) is 3.46. The molecule has 2 aliphatic rings. The van der Waals surface area contributed by atoms with E-state index in [0.29, 0.717) is 22.7 Å². The molecule has 1 saturated heterocycles. The number of nitrogens with one attached hydrogen (secondary N) is 1. The molecular weight excluding hydrogens is 352 g/mol. The number of halogens is 1. The van der Waals surface area contributed by atoms with Crippen molar-refractivity contribution >= 4 is 34.9 Å². The summed E-state index contributed by atoms with van der Waals surface area (Å²) in [6.45, 7) is 1.91. The summed E-state index contributed by atoms with van der Waals surface area (Å²) < 4.78 is 5.34. The van der Waals surface area contributed by atoms with Crippen molar-refractivity contribution in [3.63, 3.8) is 0 Å². The van der Waals surface area contributed by atoms with Crippen molar-refractivity contribution in [3.8, 4) is 0 Å². The van der Waals surface area contributed by atoms with E-state index in [1.54, 1.807) is 18.2 Å². The van der Waals surface area contributed by atoms with Crippen LogP contribution in [0, 0.1) is 0 Å². The minimum atomic E-state index is -0.845. The van der Waals surface area contributed by atoms with E-state index in [2.05, 4.69) is 10.2 Å². The number of carbonyl (C=O) groups is 2. The quantitative estimate of drug-likeness (QED) is 0.838. The van der Waals surface area contributed by atoms with Gasteiger partial charge in [-0.3, -0.25) is 4.79 Å². The molecule has 0 saturated carbocycles. The molecule has 0 aromatic heterocycles. The summed E-state index contributed by atoms with van der Waals surface area (Å²) in [6, 6.07) is 12.7. The number of benzene rings is 2. The standard InChI is InChI=1S/C20H19ClN2O3/c21-14-7-8-17(23-9-3-4-10-23)16(12-14)22-19(24)18-11-13-5-1-2-6-15(13)20(25)26-18/h1-2,5-8,12,18H,3-4,9-11H2,(H,22,24). The molecule has 2 aliphatic heterocycles. The van der Waals surface area contributed by atoms with Crippen LogP contribution in [0.25, 0.3) is 0 Å². The molecule has 26 heavy (non-hydrogen) atoms. The van der Waals surface area contributed by atoms with E-state index in [1.165, 1.54) is 0 Å². The van der Waals surface area contributed by atoms with Gasteiger partial charge in [0, 0.05) is 24.5 Å². The largest absolute Gasteiger partial charge is 0.448 e. The Balaban J connectivity index is 1.55. The van der Waals surface area contributed by atoms with Crippen LogP contribution in [-0.4, -0.2) is 31.1 Å². The SMILES string of the molecule is O=C1OC(C(=O)Nc2cc(Cl)ccc2N2CCCC2)Cc2ccccc21. The van der Waals surface area contributed by atoms with E-state index in [0.717, 1.165) is 37.2 Å². The fourth-order valence-corrected chi connectivity index (χ4v) is 3.71. The van der Waals surface area contributed by atoms with Gasteiger partial charge in [0.15, 0.2) is 6.10 Å². The van der Waals surface area contributed by atoms with Gasteiger partial charge in [-0.05, 0) is 42.7 Å². The van der Waals surface area contributed by atoms with Gasteiger partial charge in [0.1, 0.15) is 0 Å². The molecule has 0 radical (unpaired) electrons. The Morgan fingerprint density at radius 1 is 1.15 bits per heavy atom. The average molecular weight is 371 g/mol. The molecule has 1 amide bonds. The average Bonchev–Trinajstić information content (AvgIpc) is 3.16. The van der Waals surface area contributed by atoms with Crippen LogP contribution in [0.3, 0.4) is 0 Å². The van der Waals surface area contributed by atoms with Crippen LogP contribution < -0.4 is 10.2 Å². The molecule has 2 aromatic carbocycles. The number of cyclic esters (lactones) is 1. The Kier molecular flexibility index (Phi) is 4.55. The van der Waals surface area contributed by atoms with E-state index in [-0.39, 0.29) is 5.91 Å². The molecule has 0 spiro atoms. The van der Waals surface area contributed by atoms with E-state index < -0.39 is 12.1 Å². The maximum absolute atomic E-state index is 12.8. The molecule has 5 nitrogen and oxygen atoms in total. The maximum atomic E-state index is 12.8. The van der Waals surface area contributed by atoms with Crippen molar-refractivity contribution in [1.29, 1.82) is 0 Å². The van der Waals surface area contributed by atoms with Gasteiger partial charge in [-0.1, -0.05) is 29.8 Å². The van der Waals surface area contributed by atoms with Crippen molar-refractivity contribution in [1.82, 2.24) is 0 Å². The lowest BCUT2D eigenvalue weighted by molar-refractivity contribution is -0.125. The van der Waals surface area contributed by atoms with Crippen molar-refractivity contribution in [2.45, 2.75) is 25.4 Å². The van der Waals surface area contributed by atoms with Gasteiger partial charge in [0.25, 0.3) is 5.91 Å². The molecule has 1 unspecified atom stereocenters. The van der Waals surface area contributed by atoms with Gasteiger partial charge in [0.2, 0.25) is 0 Å². The number of hydrogen-bond acceptors (Lipinski definition) is 4. The number of rotatable bonds is 3. The lowest BCUT2D eigenvalue weighted by Gasteiger charge is -2.26. The number of fused-ring (bicyclic) bond motifs is 1. The number of carbonyl (C=O) groups excluding carboxylic acids is 2. The summed E-state index contributed by atoms with van der Waals surface area (Å²) >= 11 is 6.13. The first-order chi connectivity index (χ1) is 12.6. The maximum Gasteiger partial charge on any atom is 0.339 e. The molecule has 2 aromatic rings. The van der Waals surface area contributed by atoms with Crippen LogP contribution in [0.15, 0.2) is 42.5 Å². The first-order valence-corrected chi connectivity index (χ1v) is 9.14. The van der Waals surface area contributed by atoms with Gasteiger partial charge in [-0.2, -0.15) is 0 Å². The predicted octanol–water partition coefficient (Wildman–Crippen LogP) is 3.66. The molecule has 2 heterocycles. The number of ether oxygens (including phenoxy) is 1. The topological polar surface area (TPSA) is 58.6 Å². The van der Waals surface area contributed by atoms with Crippen LogP contribution in [0.4, 0.5) is 11.4 Å². The molecule has 0 aliphatic carbocycles. The molecule has 4 rings (SSSR count). The minimum Gasteiger partial charge on any atom is -0.448 e. The van der Waals surface area contributed by atoms with E-state index in [9.17, 15) is 9.59 Å². The van der Waals surface area contributed by atoms with Crippen molar-refractivity contribution < 1.29 is 14.3 Å². The van der Waals surface area contributed by atoms with Crippen molar-refractivity contribution in [2.24, 2.45) is 0 Å². The van der Waals surface area contributed by atoms with E-state index in [4.69, 9.17) is 16.3 Å². The number of esters is 1. The van der Waals surface area contributed by atoms with Gasteiger partial charge in [-0.15, -0.1) is 0 Å². The molecule has 0 bridgehead atoms. The van der Waals surface area contributed by atoms with Crippen molar-refractivity contribution in [2.75, 3.05) is 23.3 Å². The number of hydrogen-bond donors (Lipinski definition) is 1. The summed E-state index contributed by atoms with van der Waals surface area (Å²) in [7, 11) is 0. The lowest BCUT2D eigenvalue weighted by atomic mass is 9.98. The van der Waals surface area contributed by atoms with Crippen LogP contribution in [0.5, 0.6) is 0 Å². The van der Waals surface area contributed by atoms with Gasteiger partial charge >= 0.3 is 5.97 Å². The zero-order chi connectivity index (χ0) is 18.1. The Morgan fingerprint density at radius 3 is 2.73 bits per heavy atom. The van der Waals surface area contributed by atoms with Crippen LogP contribution in [0.2, 0.25) is 5.02 Å². The predicted molar refractivity (Wildman–Crippen MR) is 101 cm³/mol. The number of nitrogens with zero attached hydrogens (tertiary/aromatic N) is 1. The second-order valence-corrected chi connectivity index (χ2v) is 7.04. The summed E-state index contributed by atoms with van der Waals surface area (Å²) in [5.41, 5.74) is 2.95. The zero-order valence-corrected chi connectivity index (χ0v) is 15.0. The molecule has 134 valence electrons. The van der Waals surface area contributed by atoms with E-state index in [1.807, 2.05) is 24.3 Å². The Labute approximate surface area is 156 Å². The molecular formula is C20H19ClN2O3. The fourth-order valence-electron chi connectivity index (χ4n) is 3.53. The number of amides is 1. The molecule has 6 heteroatoms. The summed E-state index contributed by atoms with van der Waals surface area (Å²) in [4.78, 5) is 27.1. The highest BCUT2D eigenvalue weighted by Gasteiger charge is 2.31. The molecule has 1 atom stereocenters. The normalized spacial score (nSPS) is 19.0.